The standard InChI is InChI=1S/C19H20N4O2S2/c1-22-14-6-7-15-17(13(14)10-20-22)21-19(27-15)23(11-12-4-2-8-25-12)18(24)16-5-3-9-26-16/h3,5,9-10,12H,2,4,6-8,11H2,1H3. The Labute approximate surface area is 165 Å². The number of thiophene rings is 1. The number of fused-ring (bicyclic) bond motifs is 3. The van der Waals surface area contributed by atoms with E-state index in [-0.39, 0.29) is 12.0 Å². The van der Waals surface area contributed by atoms with Crippen molar-refractivity contribution in [2.24, 2.45) is 7.05 Å². The molecule has 0 N–H and O–H groups in total. The Morgan fingerprint density at radius 1 is 1.44 bits per heavy atom. The molecule has 0 bridgehead atoms. The van der Waals surface area contributed by atoms with Crippen molar-refractivity contribution in [2.45, 2.75) is 31.8 Å². The van der Waals surface area contributed by atoms with E-state index in [0.29, 0.717) is 6.54 Å². The second-order valence-corrected chi connectivity index (χ2v) is 8.93. The topological polar surface area (TPSA) is 60.2 Å². The van der Waals surface area contributed by atoms with Gasteiger partial charge in [-0.2, -0.15) is 5.10 Å². The number of anilines is 1. The summed E-state index contributed by atoms with van der Waals surface area (Å²) < 4.78 is 7.74. The summed E-state index contributed by atoms with van der Waals surface area (Å²) in [5, 5.41) is 7.10. The summed E-state index contributed by atoms with van der Waals surface area (Å²) >= 11 is 3.10. The lowest BCUT2D eigenvalue weighted by molar-refractivity contribution is 0.0920. The van der Waals surface area contributed by atoms with E-state index in [0.717, 1.165) is 53.6 Å². The number of amides is 1. The van der Waals surface area contributed by atoms with E-state index in [1.807, 2.05) is 40.3 Å². The molecule has 2 aliphatic rings. The van der Waals surface area contributed by atoms with E-state index in [1.165, 1.54) is 21.9 Å². The van der Waals surface area contributed by atoms with Crippen LogP contribution < -0.4 is 4.90 Å². The van der Waals surface area contributed by atoms with Crippen molar-refractivity contribution in [3.05, 3.63) is 39.2 Å². The van der Waals surface area contributed by atoms with Gasteiger partial charge in [0.1, 0.15) is 0 Å². The summed E-state index contributed by atoms with van der Waals surface area (Å²) in [6.45, 7) is 1.34. The van der Waals surface area contributed by atoms with Crippen LogP contribution in [-0.2, 0) is 24.6 Å². The molecule has 1 fully saturated rings. The Hall–Kier alpha value is -2.03. The van der Waals surface area contributed by atoms with E-state index < -0.39 is 0 Å². The monoisotopic (exact) mass is 400 g/mol. The first-order valence-corrected chi connectivity index (χ1v) is 10.9. The average Bonchev–Trinajstić information content (AvgIpc) is 3.45. The SMILES string of the molecule is Cn1ncc2c1CCc1sc(N(CC3CCCO3)C(=O)c3cccs3)nc1-2. The third-order valence-electron chi connectivity index (χ3n) is 5.21. The van der Waals surface area contributed by atoms with E-state index in [4.69, 9.17) is 9.72 Å². The molecule has 0 radical (unpaired) electrons. The highest BCUT2D eigenvalue weighted by molar-refractivity contribution is 7.16. The molecule has 1 aliphatic heterocycles. The van der Waals surface area contributed by atoms with Crippen LogP contribution in [-0.4, -0.2) is 39.9 Å². The number of thiazole rings is 1. The van der Waals surface area contributed by atoms with Crippen molar-refractivity contribution in [2.75, 3.05) is 18.1 Å². The zero-order chi connectivity index (χ0) is 18.4. The Morgan fingerprint density at radius 2 is 2.37 bits per heavy atom. The number of rotatable bonds is 4. The van der Waals surface area contributed by atoms with E-state index in [2.05, 4.69) is 5.10 Å². The first-order chi connectivity index (χ1) is 13.2. The first kappa shape index (κ1) is 17.1. The van der Waals surface area contributed by atoms with Gasteiger partial charge in [-0.1, -0.05) is 6.07 Å². The van der Waals surface area contributed by atoms with E-state index >= 15 is 0 Å². The first-order valence-electron chi connectivity index (χ1n) is 9.18. The van der Waals surface area contributed by atoms with Gasteiger partial charge in [0.15, 0.2) is 5.13 Å². The lowest BCUT2D eigenvalue weighted by Crippen LogP contribution is -2.37. The fraction of sp³-hybridized carbons (Fsp3) is 0.421. The highest BCUT2D eigenvalue weighted by atomic mass is 32.1. The van der Waals surface area contributed by atoms with Gasteiger partial charge in [-0.05, 0) is 37.1 Å². The summed E-state index contributed by atoms with van der Waals surface area (Å²) in [6, 6.07) is 3.79. The van der Waals surface area contributed by atoms with Crippen LogP contribution in [0.5, 0.6) is 0 Å². The highest BCUT2D eigenvalue weighted by Crippen LogP contribution is 2.39. The molecule has 27 heavy (non-hydrogen) atoms. The number of nitrogens with zero attached hydrogens (tertiary/aromatic N) is 4. The average molecular weight is 401 g/mol. The molecular formula is C19H20N4O2S2. The second kappa shape index (κ2) is 6.85. The number of aryl methyl sites for hydroxylation is 2. The molecule has 3 aromatic heterocycles. The molecule has 1 unspecified atom stereocenters. The quantitative estimate of drug-likeness (QED) is 0.672. The highest BCUT2D eigenvalue weighted by Gasteiger charge is 2.30. The van der Waals surface area contributed by atoms with Crippen LogP contribution in [0.1, 0.15) is 33.1 Å². The Bertz CT molecular complexity index is 970. The van der Waals surface area contributed by atoms with Crippen LogP contribution in [0.15, 0.2) is 23.7 Å². The fourth-order valence-electron chi connectivity index (χ4n) is 3.80. The van der Waals surface area contributed by atoms with Crippen molar-refractivity contribution in [1.82, 2.24) is 14.8 Å². The molecule has 1 atom stereocenters. The van der Waals surface area contributed by atoms with Crippen LogP contribution in [0.3, 0.4) is 0 Å². The Morgan fingerprint density at radius 3 is 3.15 bits per heavy atom. The maximum atomic E-state index is 13.2. The summed E-state index contributed by atoms with van der Waals surface area (Å²) in [6.07, 6.45) is 5.93. The van der Waals surface area contributed by atoms with Crippen molar-refractivity contribution in [3.63, 3.8) is 0 Å². The minimum Gasteiger partial charge on any atom is -0.376 e. The Balaban J connectivity index is 1.52. The number of aromatic nitrogens is 3. The lowest BCUT2D eigenvalue weighted by atomic mass is 10.0. The summed E-state index contributed by atoms with van der Waals surface area (Å²) in [5.41, 5.74) is 3.30. The van der Waals surface area contributed by atoms with Gasteiger partial charge in [-0.25, -0.2) is 4.98 Å². The number of carbonyl (C=O) groups excluding carboxylic acids is 1. The molecule has 0 aromatic carbocycles. The molecule has 140 valence electrons. The van der Waals surface area contributed by atoms with Crippen molar-refractivity contribution in [1.29, 1.82) is 0 Å². The molecule has 5 rings (SSSR count). The normalized spacial score (nSPS) is 18.3. The Kier molecular flexibility index (Phi) is 4.34. The van der Waals surface area contributed by atoms with Gasteiger partial charge in [0.05, 0.1) is 29.4 Å². The van der Waals surface area contributed by atoms with E-state index in [1.54, 1.807) is 11.3 Å². The van der Waals surface area contributed by atoms with E-state index in [9.17, 15) is 4.79 Å². The predicted octanol–water partition coefficient (Wildman–Crippen LogP) is 3.53. The van der Waals surface area contributed by atoms with Gasteiger partial charge in [0.2, 0.25) is 0 Å². The molecule has 1 aliphatic carbocycles. The van der Waals surface area contributed by atoms with Gasteiger partial charge in [0, 0.05) is 29.8 Å². The molecule has 3 aromatic rings. The summed E-state index contributed by atoms with van der Waals surface area (Å²) in [4.78, 5) is 21.9. The zero-order valence-electron chi connectivity index (χ0n) is 15.1. The molecule has 6 nitrogen and oxygen atoms in total. The van der Waals surface area contributed by atoms with Crippen molar-refractivity contribution >= 4 is 33.7 Å². The minimum absolute atomic E-state index is 0.0120. The lowest BCUT2D eigenvalue weighted by Gasteiger charge is -2.22. The van der Waals surface area contributed by atoms with Crippen molar-refractivity contribution < 1.29 is 9.53 Å². The van der Waals surface area contributed by atoms with Gasteiger partial charge in [0.25, 0.3) is 5.91 Å². The van der Waals surface area contributed by atoms with Gasteiger partial charge >= 0.3 is 0 Å². The molecule has 1 amide bonds. The number of carbonyl (C=O) groups is 1. The minimum atomic E-state index is 0.0120. The zero-order valence-corrected chi connectivity index (χ0v) is 16.7. The van der Waals surface area contributed by atoms with Crippen LogP contribution in [0, 0.1) is 0 Å². The second-order valence-electron chi connectivity index (χ2n) is 6.92. The predicted molar refractivity (Wildman–Crippen MR) is 107 cm³/mol. The smallest absolute Gasteiger partial charge is 0.270 e. The molecule has 0 spiro atoms. The fourth-order valence-corrected chi connectivity index (χ4v) is 5.55. The summed E-state index contributed by atoms with van der Waals surface area (Å²) in [5.74, 6) is 0.0120. The van der Waals surface area contributed by atoms with Gasteiger partial charge in [-0.15, -0.1) is 22.7 Å². The van der Waals surface area contributed by atoms with Gasteiger partial charge < -0.3 is 4.74 Å². The van der Waals surface area contributed by atoms with Crippen molar-refractivity contribution in [3.8, 4) is 11.3 Å². The summed E-state index contributed by atoms with van der Waals surface area (Å²) in [7, 11) is 1.97. The largest absolute Gasteiger partial charge is 0.376 e. The maximum absolute atomic E-state index is 13.2. The number of hydrogen-bond donors (Lipinski definition) is 0. The maximum Gasteiger partial charge on any atom is 0.270 e. The van der Waals surface area contributed by atoms with Crippen LogP contribution in [0.2, 0.25) is 0 Å². The third kappa shape index (κ3) is 3.01. The van der Waals surface area contributed by atoms with Crippen LogP contribution in [0.4, 0.5) is 5.13 Å². The van der Waals surface area contributed by atoms with Crippen LogP contribution in [0.25, 0.3) is 11.3 Å². The van der Waals surface area contributed by atoms with Gasteiger partial charge in [-0.3, -0.25) is 14.4 Å². The van der Waals surface area contributed by atoms with Crippen LogP contribution >= 0.6 is 22.7 Å². The number of hydrogen-bond acceptors (Lipinski definition) is 6. The molecule has 8 heteroatoms. The molecule has 4 heterocycles. The number of ether oxygens (including phenoxy) is 1. The molecule has 0 saturated carbocycles. The third-order valence-corrected chi connectivity index (χ3v) is 7.21. The molecule has 1 saturated heterocycles. The molecular weight excluding hydrogens is 380 g/mol.